The summed E-state index contributed by atoms with van der Waals surface area (Å²) in [6.45, 7) is -0.268. The first-order valence-corrected chi connectivity index (χ1v) is 6.48. The van der Waals surface area contributed by atoms with Crippen molar-refractivity contribution in [3.8, 4) is 0 Å². The van der Waals surface area contributed by atoms with Crippen LogP contribution in [0.25, 0.3) is 0 Å². The Labute approximate surface area is 118 Å². The molecule has 2 nitrogen and oxygen atoms in total. The van der Waals surface area contributed by atoms with E-state index in [1.807, 2.05) is 0 Å². The molecule has 100 valence electrons. The van der Waals surface area contributed by atoms with Crippen LogP contribution in [0.15, 0.2) is 46.9 Å². The molecule has 0 saturated heterocycles. The van der Waals surface area contributed by atoms with Crippen LogP contribution in [-0.4, -0.2) is 11.7 Å². The molecule has 0 bridgehead atoms. The van der Waals surface area contributed by atoms with Crippen LogP contribution >= 0.6 is 15.9 Å². The minimum Gasteiger partial charge on any atom is -0.394 e. The fourth-order valence-corrected chi connectivity index (χ4v) is 1.98. The van der Waals surface area contributed by atoms with Gasteiger partial charge in [-0.3, -0.25) is 0 Å². The van der Waals surface area contributed by atoms with E-state index in [2.05, 4.69) is 21.2 Å². The van der Waals surface area contributed by atoms with Gasteiger partial charge in [-0.1, -0.05) is 18.2 Å². The highest BCUT2D eigenvalue weighted by atomic mass is 79.9. The molecule has 2 N–H and O–H groups in total. The van der Waals surface area contributed by atoms with Crippen molar-refractivity contribution in [2.75, 3.05) is 11.9 Å². The summed E-state index contributed by atoms with van der Waals surface area (Å²) in [6, 6.07) is 10.1. The van der Waals surface area contributed by atoms with Crippen LogP contribution in [0.4, 0.5) is 14.5 Å². The fourth-order valence-electron chi connectivity index (χ4n) is 1.73. The fraction of sp³-hybridized carbons (Fsp3) is 0.143. The van der Waals surface area contributed by atoms with Crippen LogP contribution < -0.4 is 5.32 Å². The Morgan fingerprint density at radius 1 is 1.11 bits per heavy atom. The zero-order valence-corrected chi connectivity index (χ0v) is 11.5. The standard InChI is InChI=1S/C14H12BrF2NO/c15-10-6-5-9(7-12(10)17)14(8-19)18-13-4-2-1-3-11(13)16/h1-7,14,18-19H,8H2. The summed E-state index contributed by atoms with van der Waals surface area (Å²) in [7, 11) is 0. The number of hydrogen-bond acceptors (Lipinski definition) is 2. The third kappa shape index (κ3) is 3.30. The third-order valence-corrected chi connectivity index (χ3v) is 3.38. The number of benzene rings is 2. The van der Waals surface area contributed by atoms with E-state index < -0.39 is 17.7 Å². The second kappa shape index (κ2) is 6.12. The van der Waals surface area contributed by atoms with Gasteiger partial charge in [0.2, 0.25) is 0 Å². The Kier molecular flexibility index (Phi) is 4.50. The molecule has 0 saturated carbocycles. The molecule has 5 heteroatoms. The maximum Gasteiger partial charge on any atom is 0.146 e. The number of aliphatic hydroxyl groups is 1. The molecule has 0 heterocycles. The first-order valence-electron chi connectivity index (χ1n) is 5.68. The average molecular weight is 328 g/mol. The predicted molar refractivity (Wildman–Crippen MR) is 73.9 cm³/mol. The normalized spacial score (nSPS) is 12.2. The number of nitrogens with one attached hydrogen (secondary N) is 1. The van der Waals surface area contributed by atoms with E-state index in [0.29, 0.717) is 10.0 Å². The van der Waals surface area contributed by atoms with Gasteiger partial charge >= 0.3 is 0 Å². The number of aliphatic hydroxyl groups excluding tert-OH is 1. The van der Waals surface area contributed by atoms with Crippen LogP contribution in [0.1, 0.15) is 11.6 Å². The Bertz CT molecular complexity index is 577. The molecule has 0 fully saturated rings. The highest BCUT2D eigenvalue weighted by Crippen LogP contribution is 2.24. The Hall–Kier alpha value is -1.46. The lowest BCUT2D eigenvalue weighted by Gasteiger charge is -2.18. The maximum absolute atomic E-state index is 13.5. The van der Waals surface area contributed by atoms with E-state index in [1.54, 1.807) is 30.3 Å². The summed E-state index contributed by atoms with van der Waals surface area (Å²) in [5.74, 6) is -0.843. The number of hydrogen-bond donors (Lipinski definition) is 2. The van der Waals surface area contributed by atoms with Crippen molar-refractivity contribution in [3.05, 3.63) is 64.1 Å². The lowest BCUT2D eigenvalue weighted by Crippen LogP contribution is -2.15. The van der Waals surface area contributed by atoms with Gasteiger partial charge in [-0.05, 0) is 45.8 Å². The number of halogens is 3. The van der Waals surface area contributed by atoms with Gasteiger partial charge in [0.05, 0.1) is 22.8 Å². The number of rotatable bonds is 4. The van der Waals surface area contributed by atoms with Gasteiger partial charge in [-0.15, -0.1) is 0 Å². The molecule has 1 unspecified atom stereocenters. The summed E-state index contributed by atoms with van der Waals surface area (Å²) in [5, 5.41) is 12.2. The van der Waals surface area contributed by atoms with Gasteiger partial charge in [0.1, 0.15) is 11.6 Å². The van der Waals surface area contributed by atoms with Crippen LogP contribution in [0.3, 0.4) is 0 Å². The first-order chi connectivity index (χ1) is 9.11. The van der Waals surface area contributed by atoms with Gasteiger partial charge in [0.25, 0.3) is 0 Å². The molecular formula is C14H12BrF2NO. The molecule has 2 aromatic carbocycles. The molecule has 0 aromatic heterocycles. The summed E-state index contributed by atoms with van der Waals surface area (Å²) in [4.78, 5) is 0. The second-order valence-electron chi connectivity index (χ2n) is 4.03. The van der Waals surface area contributed by atoms with Crippen molar-refractivity contribution in [2.24, 2.45) is 0 Å². The Morgan fingerprint density at radius 2 is 1.84 bits per heavy atom. The van der Waals surface area contributed by atoms with Crippen molar-refractivity contribution in [2.45, 2.75) is 6.04 Å². The third-order valence-electron chi connectivity index (χ3n) is 2.73. The van der Waals surface area contributed by atoms with Crippen molar-refractivity contribution >= 4 is 21.6 Å². The summed E-state index contributed by atoms with van der Waals surface area (Å²) in [5.41, 5.74) is 0.816. The molecule has 0 aliphatic rings. The molecule has 0 amide bonds. The molecule has 1 atom stereocenters. The van der Waals surface area contributed by atoms with Gasteiger partial charge in [-0.2, -0.15) is 0 Å². The van der Waals surface area contributed by atoms with E-state index in [9.17, 15) is 13.9 Å². The van der Waals surface area contributed by atoms with Gasteiger partial charge < -0.3 is 10.4 Å². The predicted octanol–water partition coefficient (Wildman–Crippen LogP) is 3.87. The van der Waals surface area contributed by atoms with E-state index in [0.717, 1.165) is 0 Å². The van der Waals surface area contributed by atoms with Crippen LogP contribution in [0, 0.1) is 11.6 Å². The zero-order valence-electron chi connectivity index (χ0n) is 9.91. The molecule has 0 radical (unpaired) electrons. The second-order valence-corrected chi connectivity index (χ2v) is 4.89. The number of anilines is 1. The van der Waals surface area contributed by atoms with Crippen LogP contribution in [0.2, 0.25) is 0 Å². The Balaban J connectivity index is 2.25. The topological polar surface area (TPSA) is 32.3 Å². The summed E-state index contributed by atoms with van der Waals surface area (Å²) >= 11 is 3.06. The highest BCUT2D eigenvalue weighted by molar-refractivity contribution is 9.10. The van der Waals surface area contributed by atoms with E-state index in [1.165, 1.54) is 12.1 Å². The molecule has 0 spiro atoms. The molecule has 19 heavy (non-hydrogen) atoms. The van der Waals surface area contributed by atoms with Gasteiger partial charge in [0.15, 0.2) is 0 Å². The molecular weight excluding hydrogens is 316 g/mol. The monoisotopic (exact) mass is 327 g/mol. The maximum atomic E-state index is 13.5. The smallest absolute Gasteiger partial charge is 0.146 e. The minimum atomic E-state index is -0.570. The van der Waals surface area contributed by atoms with Gasteiger partial charge in [0, 0.05) is 0 Å². The lowest BCUT2D eigenvalue weighted by atomic mass is 10.1. The largest absolute Gasteiger partial charge is 0.394 e. The van der Waals surface area contributed by atoms with Crippen molar-refractivity contribution in [1.82, 2.24) is 0 Å². The summed E-state index contributed by atoms with van der Waals surface area (Å²) < 4.78 is 27.3. The Morgan fingerprint density at radius 3 is 2.47 bits per heavy atom. The first kappa shape index (κ1) is 14.0. The van der Waals surface area contributed by atoms with Crippen LogP contribution in [-0.2, 0) is 0 Å². The average Bonchev–Trinajstić information content (AvgIpc) is 2.41. The summed E-state index contributed by atoms with van der Waals surface area (Å²) in [6.07, 6.45) is 0. The molecule has 2 rings (SSSR count). The molecule has 2 aromatic rings. The SMILES string of the molecule is OCC(Nc1ccccc1F)c1ccc(Br)c(F)c1. The van der Waals surface area contributed by atoms with E-state index in [4.69, 9.17) is 0 Å². The molecule has 0 aliphatic carbocycles. The minimum absolute atomic E-state index is 0.268. The van der Waals surface area contributed by atoms with Crippen molar-refractivity contribution in [1.29, 1.82) is 0 Å². The quantitative estimate of drug-likeness (QED) is 0.893. The lowest BCUT2D eigenvalue weighted by molar-refractivity contribution is 0.276. The number of para-hydroxylation sites is 1. The zero-order chi connectivity index (χ0) is 13.8. The van der Waals surface area contributed by atoms with Crippen LogP contribution in [0.5, 0.6) is 0 Å². The highest BCUT2D eigenvalue weighted by Gasteiger charge is 2.13. The van der Waals surface area contributed by atoms with E-state index in [-0.39, 0.29) is 12.3 Å². The van der Waals surface area contributed by atoms with Crippen molar-refractivity contribution < 1.29 is 13.9 Å². The van der Waals surface area contributed by atoms with Crippen molar-refractivity contribution in [3.63, 3.8) is 0 Å². The van der Waals surface area contributed by atoms with E-state index >= 15 is 0 Å². The molecule has 0 aliphatic heterocycles. The van der Waals surface area contributed by atoms with Gasteiger partial charge in [-0.25, -0.2) is 8.78 Å².